The van der Waals surface area contributed by atoms with E-state index in [2.05, 4.69) is 34.5 Å². The maximum absolute atomic E-state index is 13.3. The Kier molecular flexibility index (Phi) is 8.39. The van der Waals surface area contributed by atoms with E-state index < -0.39 is 0 Å². The van der Waals surface area contributed by atoms with Crippen LogP contribution in [0.2, 0.25) is 0 Å². The summed E-state index contributed by atoms with van der Waals surface area (Å²) in [5, 5.41) is 3.79. The number of nitrogens with one attached hydrogen (secondary N) is 1. The molecule has 1 aliphatic rings. The molecule has 0 spiro atoms. The second-order valence-electron chi connectivity index (χ2n) is 7.83. The predicted molar refractivity (Wildman–Crippen MR) is 149 cm³/mol. The van der Waals surface area contributed by atoms with Gasteiger partial charge in [0, 0.05) is 16.8 Å². The fraction of sp³-hybridized carbons (Fsp3) is 0.259. The number of nitrogens with zero attached hydrogens (tertiary/aromatic N) is 1. The van der Waals surface area contributed by atoms with E-state index in [1.807, 2.05) is 49.4 Å². The van der Waals surface area contributed by atoms with Crippen LogP contribution in [0.3, 0.4) is 0 Å². The number of carbonyl (C=O) groups is 1. The molecule has 0 bridgehead atoms. The van der Waals surface area contributed by atoms with E-state index in [1.54, 1.807) is 23.6 Å². The number of benzene rings is 2. The highest BCUT2D eigenvalue weighted by Crippen LogP contribution is 2.40. The molecule has 1 aromatic heterocycles. The molecule has 0 saturated carbocycles. The molecule has 5 nitrogen and oxygen atoms in total. The lowest BCUT2D eigenvalue weighted by Crippen LogP contribution is -2.14. The molecule has 176 valence electrons. The SMILES string of the molecule is C=CCOc1c(I)cc(C=Nc2sc3c(c2C(=O)Nc2ccccc2)CCCC3)cc1OCC. The Balaban J connectivity index is 1.67. The number of carbonyl (C=O) groups excluding carboxylic acids is 1. The van der Waals surface area contributed by atoms with Gasteiger partial charge in [-0.3, -0.25) is 4.79 Å². The fourth-order valence-electron chi connectivity index (χ4n) is 3.93. The molecular formula is C27H27IN2O3S. The van der Waals surface area contributed by atoms with Gasteiger partial charge in [-0.05, 0) is 90.6 Å². The zero-order chi connectivity index (χ0) is 23.9. The maximum atomic E-state index is 13.3. The topological polar surface area (TPSA) is 59.9 Å². The Labute approximate surface area is 218 Å². The number of thiophene rings is 1. The Morgan fingerprint density at radius 1 is 1.21 bits per heavy atom. The molecule has 0 atom stereocenters. The number of ether oxygens (including phenoxy) is 2. The standard InChI is InChI=1S/C27H27IN2O3S/c1-3-14-33-25-21(28)15-18(16-22(25)32-4-2)17-29-27-24(20-12-8-9-13-23(20)34-27)26(31)30-19-10-6-5-7-11-19/h3,5-7,10-11,15-17H,1,4,8-9,12-14H2,2H3,(H,30,31). The van der Waals surface area contributed by atoms with E-state index >= 15 is 0 Å². The van der Waals surface area contributed by atoms with Crippen LogP contribution >= 0.6 is 33.9 Å². The number of halogens is 1. The van der Waals surface area contributed by atoms with E-state index in [1.165, 1.54) is 4.88 Å². The van der Waals surface area contributed by atoms with Crippen molar-refractivity contribution < 1.29 is 14.3 Å². The highest BCUT2D eigenvalue weighted by Gasteiger charge is 2.25. The van der Waals surface area contributed by atoms with Crippen LogP contribution in [0.15, 0.2) is 60.1 Å². The molecule has 1 N–H and O–H groups in total. The zero-order valence-electron chi connectivity index (χ0n) is 19.1. The summed E-state index contributed by atoms with van der Waals surface area (Å²) in [5.41, 5.74) is 3.52. The van der Waals surface area contributed by atoms with Crippen LogP contribution in [0.25, 0.3) is 0 Å². The molecule has 1 amide bonds. The fourth-order valence-corrected chi connectivity index (χ4v) is 5.94. The molecule has 0 aliphatic heterocycles. The van der Waals surface area contributed by atoms with Crippen molar-refractivity contribution in [2.75, 3.05) is 18.5 Å². The Hall–Kier alpha value is -2.65. The molecule has 1 aliphatic carbocycles. The smallest absolute Gasteiger partial charge is 0.259 e. The minimum atomic E-state index is -0.101. The quantitative estimate of drug-likeness (QED) is 0.164. The average Bonchev–Trinajstić information content (AvgIpc) is 3.22. The third-order valence-electron chi connectivity index (χ3n) is 5.42. The molecule has 2 aromatic carbocycles. The van der Waals surface area contributed by atoms with Crippen molar-refractivity contribution in [1.29, 1.82) is 0 Å². The average molecular weight is 586 g/mol. The number of hydrogen-bond acceptors (Lipinski definition) is 5. The van der Waals surface area contributed by atoms with E-state index in [9.17, 15) is 4.79 Å². The summed E-state index contributed by atoms with van der Waals surface area (Å²) in [5.74, 6) is 1.27. The predicted octanol–water partition coefficient (Wildman–Crippen LogP) is 7.20. The van der Waals surface area contributed by atoms with Gasteiger partial charge in [-0.1, -0.05) is 30.9 Å². The van der Waals surface area contributed by atoms with Crippen molar-refractivity contribution in [3.05, 3.63) is 80.3 Å². The van der Waals surface area contributed by atoms with Crippen molar-refractivity contribution in [2.24, 2.45) is 4.99 Å². The summed E-state index contributed by atoms with van der Waals surface area (Å²) in [6.07, 6.45) is 7.68. The number of para-hydroxylation sites is 1. The van der Waals surface area contributed by atoms with Crippen LogP contribution in [0.5, 0.6) is 11.5 Å². The molecule has 0 fully saturated rings. The van der Waals surface area contributed by atoms with Gasteiger partial charge < -0.3 is 14.8 Å². The van der Waals surface area contributed by atoms with Crippen LogP contribution < -0.4 is 14.8 Å². The van der Waals surface area contributed by atoms with Crippen molar-refractivity contribution in [2.45, 2.75) is 32.6 Å². The highest BCUT2D eigenvalue weighted by molar-refractivity contribution is 14.1. The monoisotopic (exact) mass is 586 g/mol. The second-order valence-corrected chi connectivity index (χ2v) is 10.1. The first-order chi connectivity index (χ1) is 16.6. The minimum Gasteiger partial charge on any atom is -0.490 e. The van der Waals surface area contributed by atoms with Crippen LogP contribution in [-0.2, 0) is 12.8 Å². The lowest BCUT2D eigenvalue weighted by Gasteiger charge is -2.13. The Bertz CT molecular complexity index is 1200. The Morgan fingerprint density at radius 2 is 2.00 bits per heavy atom. The lowest BCUT2D eigenvalue weighted by molar-refractivity contribution is 0.102. The first kappa shape index (κ1) is 24.5. The molecule has 4 rings (SSSR count). The first-order valence-corrected chi connectivity index (χ1v) is 13.2. The van der Waals surface area contributed by atoms with Crippen LogP contribution in [-0.4, -0.2) is 25.3 Å². The number of aryl methyl sites for hydroxylation is 1. The summed E-state index contributed by atoms with van der Waals surface area (Å²) in [4.78, 5) is 19.4. The van der Waals surface area contributed by atoms with Crippen LogP contribution in [0.1, 0.15) is 46.1 Å². The van der Waals surface area contributed by atoms with Gasteiger partial charge in [-0.2, -0.15) is 0 Å². The van der Waals surface area contributed by atoms with E-state index in [0.29, 0.717) is 30.3 Å². The van der Waals surface area contributed by atoms with E-state index in [0.717, 1.165) is 51.1 Å². The molecule has 0 unspecified atom stereocenters. The molecule has 7 heteroatoms. The number of amides is 1. The van der Waals surface area contributed by atoms with Gasteiger partial charge in [0.1, 0.15) is 11.6 Å². The van der Waals surface area contributed by atoms with Crippen molar-refractivity contribution in [3.63, 3.8) is 0 Å². The number of rotatable bonds is 9. The minimum absolute atomic E-state index is 0.101. The second kappa shape index (κ2) is 11.7. The number of fused-ring (bicyclic) bond motifs is 1. The third kappa shape index (κ3) is 5.70. The van der Waals surface area contributed by atoms with Gasteiger partial charge >= 0.3 is 0 Å². The molecular weight excluding hydrogens is 559 g/mol. The summed E-state index contributed by atoms with van der Waals surface area (Å²) in [6, 6.07) is 13.5. The maximum Gasteiger partial charge on any atom is 0.259 e. The van der Waals surface area contributed by atoms with Crippen molar-refractivity contribution in [3.8, 4) is 11.5 Å². The van der Waals surface area contributed by atoms with E-state index in [4.69, 9.17) is 14.5 Å². The highest BCUT2D eigenvalue weighted by atomic mass is 127. The third-order valence-corrected chi connectivity index (χ3v) is 7.42. The summed E-state index contributed by atoms with van der Waals surface area (Å²) in [7, 11) is 0. The summed E-state index contributed by atoms with van der Waals surface area (Å²) >= 11 is 3.87. The lowest BCUT2D eigenvalue weighted by atomic mass is 9.95. The van der Waals surface area contributed by atoms with Gasteiger partial charge in [0.25, 0.3) is 5.91 Å². The largest absolute Gasteiger partial charge is 0.490 e. The Morgan fingerprint density at radius 3 is 2.76 bits per heavy atom. The van der Waals surface area contributed by atoms with Gasteiger partial charge in [-0.15, -0.1) is 11.3 Å². The molecule has 0 radical (unpaired) electrons. The van der Waals surface area contributed by atoms with Gasteiger partial charge in [-0.25, -0.2) is 4.99 Å². The molecule has 0 saturated heterocycles. The van der Waals surface area contributed by atoms with Crippen molar-refractivity contribution >= 4 is 56.7 Å². The zero-order valence-corrected chi connectivity index (χ0v) is 22.1. The number of aliphatic imine (C=N–C) groups is 1. The van der Waals surface area contributed by atoms with Crippen LogP contribution in [0, 0.1) is 3.57 Å². The first-order valence-electron chi connectivity index (χ1n) is 11.4. The van der Waals surface area contributed by atoms with Crippen LogP contribution in [0.4, 0.5) is 10.7 Å². The molecule has 1 heterocycles. The van der Waals surface area contributed by atoms with E-state index in [-0.39, 0.29) is 5.91 Å². The summed E-state index contributed by atoms with van der Waals surface area (Å²) < 4.78 is 12.5. The van der Waals surface area contributed by atoms with Gasteiger partial charge in [0.2, 0.25) is 0 Å². The normalized spacial score (nSPS) is 12.9. The molecule has 3 aromatic rings. The van der Waals surface area contributed by atoms with Gasteiger partial charge in [0.15, 0.2) is 11.5 Å². The summed E-state index contributed by atoms with van der Waals surface area (Å²) in [6.45, 7) is 6.60. The molecule has 34 heavy (non-hydrogen) atoms. The number of hydrogen-bond donors (Lipinski definition) is 1. The van der Waals surface area contributed by atoms with Gasteiger partial charge in [0.05, 0.1) is 15.7 Å². The number of anilines is 1. The van der Waals surface area contributed by atoms with Crippen molar-refractivity contribution in [1.82, 2.24) is 0 Å².